The van der Waals surface area contributed by atoms with E-state index in [1.165, 1.54) is 17.6 Å². The highest BCUT2D eigenvalue weighted by Gasteiger charge is 2.21. The predicted molar refractivity (Wildman–Crippen MR) is 141 cm³/mol. The summed E-state index contributed by atoms with van der Waals surface area (Å²) in [6.45, 7) is 3.87. The number of amides is 1. The van der Waals surface area contributed by atoms with E-state index in [1.54, 1.807) is 48.5 Å². The normalized spacial score (nSPS) is 11.7. The minimum atomic E-state index is -3.54. The van der Waals surface area contributed by atoms with E-state index in [4.69, 9.17) is 0 Å². The third kappa shape index (κ3) is 6.40. The first-order valence-corrected chi connectivity index (χ1v) is 14.5. The first-order valence-electron chi connectivity index (χ1n) is 10.8. The van der Waals surface area contributed by atoms with E-state index in [0.29, 0.717) is 22.6 Å². The Kier molecular flexibility index (Phi) is 7.56. The van der Waals surface area contributed by atoms with Gasteiger partial charge in [-0.3, -0.25) is 13.4 Å². The van der Waals surface area contributed by atoms with Crippen molar-refractivity contribution in [1.82, 2.24) is 0 Å². The standard InChI is InChI=1S/C25H29N3O5S2/c1-18-8-6-9-19(2)24(18)28(35(5,32)33)17-20-12-14-21(15-13-20)25(29)26-22-10-7-11-23(16-22)27(3)34(4,30)31/h6-16H,17H2,1-5H3,(H,26,29). The van der Waals surface area contributed by atoms with Crippen LogP contribution in [0.2, 0.25) is 0 Å². The van der Waals surface area contributed by atoms with E-state index in [2.05, 4.69) is 5.32 Å². The van der Waals surface area contributed by atoms with Crippen LogP contribution in [0.1, 0.15) is 27.0 Å². The van der Waals surface area contributed by atoms with E-state index in [0.717, 1.165) is 27.3 Å². The molecule has 0 radical (unpaired) electrons. The van der Waals surface area contributed by atoms with E-state index in [1.807, 2.05) is 32.0 Å². The van der Waals surface area contributed by atoms with Gasteiger partial charge in [0.05, 0.1) is 30.4 Å². The minimum Gasteiger partial charge on any atom is -0.322 e. The molecule has 0 fully saturated rings. The summed E-state index contributed by atoms with van der Waals surface area (Å²) in [5.41, 5.74) is 4.35. The summed E-state index contributed by atoms with van der Waals surface area (Å²) >= 11 is 0. The van der Waals surface area contributed by atoms with Crippen molar-refractivity contribution in [2.45, 2.75) is 20.4 Å². The third-order valence-electron chi connectivity index (χ3n) is 5.60. The van der Waals surface area contributed by atoms with Crippen LogP contribution in [0.3, 0.4) is 0 Å². The van der Waals surface area contributed by atoms with Crippen LogP contribution in [0.5, 0.6) is 0 Å². The second kappa shape index (κ2) is 10.1. The lowest BCUT2D eigenvalue weighted by Crippen LogP contribution is -2.30. The van der Waals surface area contributed by atoms with Gasteiger partial charge in [0.25, 0.3) is 5.91 Å². The average molecular weight is 516 g/mol. The molecule has 0 unspecified atom stereocenters. The molecule has 8 nitrogen and oxygen atoms in total. The number of aryl methyl sites for hydroxylation is 2. The number of benzene rings is 3. The Morgan fingerprint density at radius 3 is 1.94 bits per heavy atom. The van der Waals surface area contributed by atoms with Crippen molar-refractivity contribution in [3.8, 4) is 0 Å². The molecule has 0 heterocycles. The molecule has 1 N–H and O–H groups in total. The first-order chi connectivity index (χ1) is 16.3. The number of rotatable bonds is 8. The summed E-state index contributed by atoms with van der Waals surface area (Å²) < 4.78 is 51.2. The fourth-order valence-electron chi connectivity index (χ4n) is 3.66. The molecule has 0 saturated heterocycles. The molecular formula is C25H29N3O5S2. The number of anilines is 3. The van der Waals surface area contributed by atoms with Gasteiger partial charge in [0.15, 0.2) is 0 Å². The molecule has 0 spiro atoms. The Morgan fingerprint density at radius 1 is 0.829 bits per heavy atom. The fourth-order valence-corrected chi connectivity index (χ4v) is 5.16. The van der Waals surface area contributed by atoms with Crippen LogP contribution in [-0.4, -0.2) is 42.3 Å². The van der Waals surface area contributed by atoms with Gasteiger partial charge in [0, 0.05) is 18.3 Å². The molecule has 0 aliphatic carbocycles. The van der Waals surface area contributed by atoms with Gasteiger partial charge in [-0.05, 0) is 60.9 Å². The maximum atomic E-state index is 12.7. The van der Waals surface area contributed by atoms with Crippen molar-refractivity contribution in [2.75, 3.05) is 33.5 Å². The van der Waals surface area contributed by atoms with Crippen molar-refractivity contribution in [3.63, 3.8) is 0 Å². The van der Waals surface area contributed by atoms with Crippen molar-refractivity contribution in [2.24, 2.45) is 0 Å². The van der Waals surface area contributed by atoms with Crippen LogP contribution in [0.25, 0.3) is 0 Å². The number of nitrogens with one attached hydrogen (secondary N) is 1. The van der Waals surface area contributed by atoms with Crippen molar-refractivity contribution in [1.29, 1.82) is 0 Å². The maximum Gasteiger partial charge on any atom is 0.255 e. The zero-order valence-corrected chi connectivity index (χ0v) is 21.9. The Morgan fingerprint density at radius 2 is 1.40 bits per heavy atom. The Balaban J connectivity index is 1.79. The van der Waals surface area contributed by atoms with Crippen molar-refractivity contribution < 1.29 is 21.6 Å². The molecule has 3 aromatic carbocycles. The Hall–Kier alpha value is -3.37. The lowest BCUT2D eigenvalue weighted by Gasteiger charge is -2.26. The quantitative estimate of drug-likeness (QED) is 0.490. The summed E-state index contributed by atoms with van der Waals surface area (Å²) in [7, 11) is -5.54. The smallest absolute Gasteiger partial charge is 0.255 e. The number of sulfonamides is 2. The molecule has 0 aliphatic rings. The first kappa shape index (κ1) is 26.2. The zero-order chi connectivity index (χ0) is 26.0. The second-order valence-electron chi connectivity index (χ2n) is 8.44. The average Bonchev–Trinajstić information content (AvgIpc) is 2.77. The van der Waals surface area contributed by atoms with Crippen LogP contribution in [0.4, 0.5) is 17.1 Å². The van der Waals surface area contributed by atoms with Crippen LogP contribution >= 0.6 is 0 Å². The molecule has 3 rings (SSSR count). The van der Waals surface area contributed by atoms with E-state index in [9.17, 15) is 21.6 Å². The molecule has 1 amide bonds. The van der Waals surface area contributed by atoms with Gasteiger partial charge in [-0.1, -0.05) is 36.4 Å². The van der Waals surface area contributed by atoms with Crippen molar-refractivity contribution >= 4 is 43.0 Å². The Labute approximate surface area is 207 Å². The number of para-hydroxylation sites is 1. The van der Waals surface area contributed by atoms with Gasteiger partial charge in [-0.15, -0.1) is 0 Å². The molecule has 0 aliphatic heterocycles. The SMILES string of the molecule is Cc1cccc(C)c1N(Cc1ccc(C(=O)Nc2cccc(N(C)S(C)(=O)=O)c2)cc1)S(C)(=O)=O. The van der Waals surface area contributed by atoms with Gasteiger partial charge >= 0.3 is 0 Å². The van der Waals surface area contributed by atoms with Crippen LogP contribution in [0, 0.1) is 13.8 Å². The molecule has 0 bridgehead atoms. The van der Waals surface area contributed by atoms with Crippen LogP contribution in [0.15, 0.2) is 66.7 Å². The van der Waals surface area contributed by atoms with E-state index in [-0.39, 0.29) is 12.5 Å². The molecule has 186 valence electrons. The minimum absolute atomic E-state index is 0.131. The number of nitrogens with zero attached hydrogens (tertiary/aromatic N) is 2. The van der Waals surface area contributed by atoms with Gasteiger partial charge < -0.3 is 5.32 Å². The highest BCUT2D eigenvalue weighted by molar-refractivity contribution is 7.92. The largest absolute Gasteiger partial charge is 0.322 e. The highest BCUT2D eigenvalue weighted by Crippen LogP contribution is 2.28. The summed E-state index contributed by atoms with van der Waals surface area (Å²) in [6, 6.07) is 18.8. The molecular weight excluding hydrogens is 486 g/mol. The second-order valence-corrected chi connectivity index (χ2v) is 12.4. The topological polar surface area (TPSA) is 104 Å². The van der Waals surface area contributed by atoms with Crippen LogP contribution < -0.4 is 13.9 Å². The van der Waals surface area contributed by atoms with Gasteiger partial charge in [0.1, 0.15) is 0 Å². The third-order valence-corrected chi connectivity index (χ3v) is 7.91. The lowest BCUT2D eigenvalue weighted by atomic mass is 10.1. The molecule has 0 atom stereocenters. The van der Waals surface area contributed by atoms with E-state index < -0.39 is 20.0 Å². The van der Waals surface area contributed by atoms with Crippen molar-refractivity contribution in [3.05, 3.63) is 89.0 Å². The zero-order valence-electron chi connectivity index (χ0n) is 20.3. The van der Waals surface area contributed by atoms with Gasteiger partial charge in [-0.2, -0.15) is 0 Å². The van der Waals surface area contributed by atoms with Gasteiger partial charge in [0.2, 0.25) is 20.0 Å². The fraction of sp³-hybridized carbons (Fsp3) is 0.240. The summed E-state index contributed by atoms with van der Waals surface area (Å²) in [4.78, 5) is 12.7. The molecule has 35 heavy (non-hydrogen) atoms. The molecule has 3 aromatic rings. The molecule has 10 heteroatoms. The Bertz CT molecular complexity index is 1430. The summed E-state index contributed by atoms with van der Waals surface area (Å²) in [5, 5.41) is 2.76. The molecule has 0 aromatic heterocycles. The monoisotopic (exact) mass is 515 g/mol. The summed E-state index contributed by atoms with van der Waals surface area (Å²) in [6.07, 6.45) is 2.28. The maximum absolute atomic E-state index is 12.7. The van der Waals surface area contributed by atoms with Gasteiger partial charge in [-0.25, -0.2) is 16.8 Å². The number of hydrogen-bond acceptors (Lipinski definition) is 5. The lowest BCUT2D eigenvalue weighted by molar-refractivity contribution is 0.102. The summed E-state index contributed by atoms with van der Waals surface area (Å²) in [5.74, 6) is -0.370. The van der Waals surface area contributed by atoms with E-state index >= 15 is 0 Å². The molecule has 0 saturated carbocycles. The number of carbonyl (C=O) groups excluding carboxylic acids is 1. The number of carbonyl (C=O) groups is 1. The van der Waals surface area contributed by atoms with Crippen LogP contribution in [-0.2, 0) is 26.6 Å². The number of hydrogen-bond donors (Lipinski definition) is 1. The predicted octanol–water partition coefficient (Wildman–Crippen LogP) is 3.92. The highest BCUT2D eigenvalue weighted by atomic mass is 32.2.